The third kappa shape index (κ3) is 4.46. The Morgan fingerprint density at radius 1 is 0.969 bits per heavy atom. The van der Waals surface area contributed by atoms with Crippen LogP contribution >= 0.6 is 0 Å². The lowest BCUT2D eigenvalue weighted by molar-refractivity contribution is 0.415. The smallest absolute Gasteiger partial charge is 0.236 e. The topological polar surface area (TPSA) is 63.4 Å². The number of hydrogen-bond donors (Lipinski definition) is 0. The van der Waals surface area contributed by atoms with Crippen LogP contribution in [0.15, 0.2) is 62.9 Å². The van der Waals surface area contributed by atoms with Gasteiger partial charge in [0.25, 0.3) is 0 Å². The lowest BCUT2D eigenvalue weighted by Gasteiger charge is -2.30. The Labute approximate surface area is 191 Å². The maximum absolute atomic E-state index is 13.6. The summed E-state index contributed by atoms with van der Waals surface area (Å²) in [5.74, 6) is 1.31. The molecule has 0 atom stereocenters. The van der Waals surface area contributed by atoms with Crippen LogP contribution in [0, 0.1) is 12.8 Å². The van der Waals surface area contributed by atoms with Crippen LogP contribution in [0.3, 0.4) is 0 Å². The molecular weight excluding hydrogens is 420 g/mol. The molecule has 0 bridgehead atoms. The number of sulfone groups is 1. The predicted molar refractivity (Wildman–Crippen MR) is 128 cm³/mol. The summed E-state index contributed by atoms with van der Waals surface area (Å²) in [5.41, 5.74) is 3.01. The molecule has 4 rings (SSSR count). The quantitative estimate of drug-likeness (QED) is 0.484. The number of benzene rings is 2. The van der Waals surface area contributed by atoms with Gasteiger partial charge >= 0.3 is 0 Å². The first-order valence-corrected chi connectivity index (χ1v) is 12.7. The minimum absolute atomic E-state index is 0.00537. The zero-order valence-electron chi connectivity index (χ0n) is 19.6. The van der Waals surface area contributed by atoms with Crippen LogP contribution in [-0.4, -0.2) is 26.5 Å². The molecule has 3 aromatic rings. The number of nitrogens with zero attached hydrogens (tertiary/aromatic N) is 2. The van der Waals surface area contributed by atoms with Crippen LogP contribution < -0.4 is 4.90 Å². The van der Waals surface area contributed by atoms with Gasteiger partial charge in [-0.15, -0.1) is 0 Å². The molecule has 0 radical (unpaired) electrons. The van der Waals surface area contributed by atoms with Gasteiger partial charge in [-0.1, -0.05) is 57.5 Å². The second-order valence-electron chi connectivity index (χ2n) is 9.94. The van der Waals surface area contributed by atoms with Gasteiger partial charge in [0.1, 0.15) is 0 Å². The largest absolute Gasteiger partial charge is 0.419 e. The number of piperidine rings is 1. The molecular formula is C26H32N2O3S. The molecule has 1 saturated heterocycles. The number of aryl methyl sites for hydroxylation is 1. The number of oxazole rings is 1. The Bertz CT molecular complexity index is 1180. The Morgan fingerprint density at radius 3 is 2.12 bits per heavy atom. The molecule has 0 N–H and O–H groups in total. The first-order chi connectivity index (χ1) is 15.1. The maximum Gasteiger partial charge on any atom is 0.236 e. The van der Waals surface area contributed by atoms with E-state index in [9.17, 15) is 8.42 Å². The molecule has 0 unspecified atom stereocenters. The minimum Gasteiger partial charge on any atom is -0.419 e. The molecule has 5 nitrogen and oxygen atoms in total. The zero-order valence-corrected chi connectivity index (χ0v) is 20.4. The summed E-state index contributed by atoms with van der Waals surface area (Å²) >= 11 is 0. The molecule has 1 aliphatic heterocycles. The lowest BCUT2D eigenvalue weighted by atomic mass is 9.87. The van der Waals surface area contributed by atoms with Gasteiger partial charge in [0.15, 0.2) is 0 Å². The molecule has 1 aromatic heterocycles. The van der Waals surface area contributed by atoms with Gasteiger partial charge in [-0.25, -0.2) is 8.42 Å². The van der Waals surface area contributed by atoms with Crippen LogP contribution in [0.1, 0.15) is 51.7 Å². The molecule has 6 heteroatoms. The van der Waals surface area contributed by atoms with Crippen LogP contribution in [0.2, 0.25) is 0 Å². The first-order valence-electron chi connectivity index (χ1n) is 11.2. The first kappa shape index (κ1) is 22.6. The second-order valence-corrected chi connectivity index (χ2v) is 11.8. The monoisotopic (exact) mass is 452 g/mol. The molecule has 2 aromatic carbocycles. The van der Waals surface area contributed by atoms with Crippen molar-refractivity contribution in [3.63, 3.8) is 0 Å². The number of anilines is 1. The van der Waals surface area contributed by atoms with Crippen molar-refractivity contribution in [2.24, 2.45) is 5.92 Å². The van der Waals surface area contributed by atoms with Crippen LogP contribution in [0.25, 0.3) is 11.5 Å². The Balaban J connectivity index is 1.79. The summed E-state index contributed by atoms with van der Waals surface area (Å²) in [6.45, 7) is 12.2. The summed E-state index contributed by atoms with van der Waals surface area (Å²) in [4.78, 5) is 6.80. The van der Waals surface area contributed by atoms with E-state index in [0.29, 0.717) is 17.7 Å². The van der Waals surface area contributed by atoms with E-state index in [2.05, 4.69) is 44.8 Å². The van der Waals surface area contributed by atoms with E-state index < -0.39 is 9.84 Å². The van der Waals surface area contributed by atoms with Crippen molar-refractivity contribution in [3.8, 4) is 11.5 Å². The number of hydrogen-bond acceptors (Lipinski definition) is 5. The third-order valence-electron chi connectivity index (χ3n) is 6.23. The molecule has 32 heavy (non-hydrogen) atoms. The van der Waals surface area contributed by atoms with Crippen LogP contribution in [0.4, 0.5) is 5.88 Å². The van der Waals surface area contributed by atoms with Gasteiger partial charge in [-0.2, -0.15) is 4.98 Å². The Kier molecular flexibility index (Phi) is 5.93. The van der Waals surface area contributed by atoms with Crippen LogP contribution in [-0.2, 0) is 15.3 Å². The summed E-state index contributed by atoms with van der Waals surface area (Å²) in [5, 5.41) is 0.00537. The van der Waals surface area contributed by atoms with Crippen molar-refractivity contribution in [3.05, 3.63) is 59.7 Å². The molecule has 170 valence electrons. The highest BCUT2D eigenvalue weighted by Gasteiger charge is 2.32. The molecule has 0 spiro atoms. The molecule has 1 aliphatic rings. The van der Waals surface area contributed by atoms with Gasteiger partial charge in [-0.3, -0.25) is 0 Å². The zero-order chi connectivity index (χ0) is 23.1. The highest BCUT2D eigenvalue weighted by atomic mass is 32.2. The van der Waals surface area contributed by atoms with Gasteiger partial charge in [-0.05, 0) is 60.9 Å². The number of aromatic nitrogens is 1. The molecule has 0 amide bonds. The van der Waals surface area contributed by atoms with E-state index in [0.717, 1.165) is 37.1 Å². The summed E-state index contributed by atoms with van der Waals surface area (Å²) < 4.78 is 33.3. The normalized spacial score (nSPS) is 15.8. The molecule has 0 aliphatic carbocycles. The highest BCUT2D eigenvalue weighted by molar-refractivity contribution is 7.91. The Morgan fingerprint density at radius 2 is 1.56 bits per heavy atom. The third-order valence-corrected chi connectivity index (χ3v) is 7.90. The van der Waals surface area contributed by atoms with E-state index in [1.54, 1.807) is 24.3 Å². The van der Waals surface area contributed by atoms with E-state index in [4.69, 9.17) is 4.42 Å². The summed E-state index contributed by atoms with van der Waals surface area (Å²) in [7, 11) is -3.81. The fourth-order valence-corrected chi connectivity index (χ4v) is 5.27. The van der Waals surface area contributed by atoms with E-state index in [-0.39, 0.29) is 15.3 Å². The highest BCUT2D eigenvalue weighted by Crippen LogP contribution is 2.37. The van der Waals surface area contributed by atoms with Crippen molar-refractivity contribution in [2.75, 3.05) is 18.0 Å². The second kappa shape index (κ2) is 8.39. The Hall–Kier alpha value is -2.60. The van der Waals surface area contributed by atoms with Crippen molar-refractivity contribution < 1.29 is 12.8 Å². The van der Waals surface area contributed by atoms with E-state index in [1.165, 1.54) is 5.56 Å². The van der Waals surface area contributed by atoms with Crippen molar-refractivity contribution in [1.29, 1.82) is 0 Å². The lowest BCUT2D eigenvalue weighted by Crippen LogP contribution is -2.33. The molecule has 0 saturated carbocycles. The average Bonchev–Trinajstić information content (AvgIpc) is 3.20. The average molecular weight is 453 g/mol. The SMILES string of the molecule is Cc1ccc(S(=O)(=O)c2nc(-c3ccc(C(C)(C)C)cc3)oc2N2CCC(C)CC2)cc1. The fraction of sp³-hybridized carbons (Fsp3) is 0.423. The summed E-state index contributed by atoms with van der Waals surface area (Å²) in [6.07, 6.45) is 2.00. The van der Waals surface area contributed by atoms with Gasteiger partial charge in [0.05, 0.1) is 4.90 Å². The van der Waals surface area contributed by atoms with Gasteiger partial charge in [0.2, 0.25) is 26.6 Å². The predicted octanol–water partition coefficient (Wildman–Crippen LogP) is 6.02. The van der Waals surface area contributed by atoms with Crippen LogP contribution in [0.5, 0.6) is 0 Å². The maximum atomic E-state index is 13.6. The number of rotatable bonds is 4. The van der Waals surface area contributed by atoms with Crippen molar-refractivity contribution >= 4 is 15.7 Å². The van der Waals surface area contributed by atoms with E-state index in [1.807, 2.05) is 24.0 Å². The van der Waals surface area contributed by atoms with E-state index >= 15 is 0 Å². The summed E-state index contributed by atoms with van der Waals surface area (Å²) in [6, 6.07) is 14.9. The molecule has 1 fully saturated rings. The minimum atomic E-state index is -3.81. The van der Waals surface area contributed by atoms with Crippen molar-refractivity contribution in [2.45, 2.75) is 62.8 Å². The standard InChI is InChI=1S/C26H32N2O3S/c1-18-6-12-22(13-7-18)32(29,30)24-25(28-16-14-19(2)15-17-28)31-23(27-24)20-8-10-21(11-9-20)26(3,4)5/h6-13,19H,14-17H2,1-5H3. The van der Waals surface area contributed by atoms with Crippen molar-refractivity contribution in [1.82, 2.24) is 4.98 Å². The molecule has 2 heterocycles. The van der Waals surface area contributed by atoms with Gasteiger partial charge < -0.3 is 9.32 Å². The fourth-order valence-electron chi connectivity index (χ4n) is 3.95. The van der Waals surface area contributed by atoms with Gasteiger partial charge in [0, 0.05) is 18.7 Å².